The van der Waals surface area contributed by atoms with Crippen molar-refractivity contribution in [2.24, 2.45) is 5.73 Å². The van der Waals surface area contributed by atoms with E-state index in [0.717, 1.165) is 11.0 Å². The molecular weight excluding hydrogens is 188 g/mol. The maximum absolute atomic E-state index is 7.21. The van der Waals surface area contributed by atoms with Crippen molar-refractivity contribution in [2.45, 2.75) is 0 Å². The number of nitrogen functional groups attached to an aromatic ring is 1. The van der Waals surface area contributed by atoms with Crippen molar-refractivity contribution in [1.29, 1.82) is 5.41 Å². The van der Waals surface area contributed by atoms with E-state index >= 15 is 0 Å². The fourth-order valence-corrected chi connectivity index (χ4v) is 1.10. The predicted molar refractivity (Wildman–Crippen MR) is 54.4 cm³/mol. The molecule has 2 rings (SSSR count). The fourth-order valence-electron chi connectivity index (χ4n) is 1.10. The number of nitrogens with zero attached hydrogens (tertiary/aromatic N) is 1. The van der Waals surface area contributed by atoms with E-state index in [-0.39, 0.29) is 18.2 Å². The van der Waals surface area contributed by atoms with Gasteiger partial charge in [0.05, 0.1) is 17.4 Å². The van der Waals surface area contributed by atoms with Crippen molar-refractivity contribution in [3.8, 4) is 0 Å². The molecule has 5 heteroatoms. The number of halogens is 1. The Hall–Kier alpha value is -1.55. The number of aromatic nitrogens is 2. The zero-order valence-electron chi connectivity index (χ0n) is 6.74. The zero-order chi connectivity index (χ0) is 8.55. The SMILES string of the molecule is Cl.N=C(N)c1ccc2nc[nH]c2c1. The first-order chi connectivity index (χ1) is 5.77. The maximum atomic E-state index is 7.21. The topological polar surface area (TPSA) is 78.6 Å². The summed E-state index contributed by atoms with van der Waals surface area (Å²) in [6, 6.07) is 5.43. The van der Waals surface area contributed by atoms with Crippen LogP contribution < -0.4 is 5.73 Å². The largest absolute Gasteiger partial charge is 0.384 e. The Morgan fingerprint density at radius 1 is 1.46 bits per heavy atom. The zero-order valence-corrected chi connectivity index (χ0v) is 7.56. The number of nitrogens with one attached hydrogen (secondary N) is 2. The van der Waals surface area contributed by atoms with Crippen LogP contribution >= 0.6 is 12.4 Å². The lowest BCUT2D eigenvalue weighted by atomic mass is 10.2. The van der Waals surface area contributed by atoms with E-state index < -0.39 is 0 Å². The van der Waals surface area contributed by atoms with E-state index in [9.17, 15) is 0 Å². The fraction of sp³-hybridized carbons (Fsp3) is 0. The van der Waals surface area contributed by atoms with Gasteiger partial charge in [-0.25, -0.2) is 4.98 Å². The molecule has 0 spiro atoms. The minimum absolute atomic E-state index is 0. The van der Waals surface area contributed by atoms with E-state index in [1.54, 1.807) is 12.4 Å². The van der Waals surface area contributed by atoms with Crippen LogP contribution in [0.15, 0.2) is 24.5 Å². The van der Waals surface area contributed by atoms with Gasteiger partial charge in [-0.1, -0.05) is 0 Å². The van der Waals surface area contributed by atoms with E-state index in [1.165, 1.54) is 0 Å². The molecule has 0 aliphatic heterocycles. The van der Waals surface area contributed by atoms with Crippen molar-refractivity contribution < 1.29 is 0 Å². The molecule has 0 atom stereocenters. The summed E-state index contributed by atoms with van der Waals surface area (Å²) in [6.07, 6.45) is 1.62. The summed E-state index contributed by atoms with van der Waals surface area (Å²) in [5.74, 6) is 0.0755. The number of H-pyrrole nitrogens is 1. The smallest absolute Gasteiger partial charge is 0.122 e. The number of benzene rings is 1. The van der Waals surface area contributed by atoms with E-state index in [0.29, 0.717) is 5.56 Å². The van der Waals surface area contributed by atoms with Crippen LogP contribution in [0.1, 0.15) is 5.56 Å². The Kier molecular flexibility index (Phi) is 2.53. The lowest BCUT2D eigenvalue weighted by molar-refractivity contribution is 1.34. The third-order valence-electron chi connectivity index (χ3n) is 1.73. The van der Waals surface area contributed by atoms with Crippen LogP contribution in [0, 0.1) is 5.41 Å². The third-order valence-corrected chi connectivity index (χ3v) is 1.73. The maximum Gasteiger partial charge on any atom is 0.122 e. The number of amidine groups is 1. The van der Waals surface area contributed by atoms with Gasteiger partial charge in [-0.05, 0) is 18.2 Å². The molecule has 0 amide bonds. The monoisotopic (exact) mass is 196 g/mol. The van der Waals surface area contributed by atoms with Gasteiger partial charge in [0, 0.05) is 5.56 Å². The van der Waals surface area contributed by atoms with Gasteiger partial charge in [0.15, 0.2) is 0 Å². The van der Waals surface area contributed by atoms with Crippen molar-refractivity contribution in [3.05, 3.63) is 30.1 Å². The molecule has 0 aliphatic rings. The number of aromatic amines is 1. The summed E-state index contributed by atoms with van der Waals surface area (Å²) in [5, 5.41) is 7.21. The standard InChI is InChI=1S/C8H8N4.ClH/c9-8(10)5-1-2-6-7(3-5)12-4-11-6;/h1-4H,(H3,9,10)(H,11,12);1H. The highest BCUT2D eigenvalue weighted by Gasteiger charge is 1.99. The minimum atomic E-state index is 0. The molecule has 0 fully saturated rings. The molecule has 1 heterocycles. The van der Waals surface area contributed by atoms with Crippen LogP contribution in [0.4, 0.5) is 0 Å². The number of hydrogen-bond acceptors (Lipinski definition) is 2. The summed E-state index contributed by atoms with van der Waals surface area (Å²) >= 11 is 0. The van der Waals surface area contributed by atoms with Gasteiger partial charge < -0.3 is 10.7 Å². The van der Waals surface area contributed by atoms with Crippen molar-refractivity contribution in [2.75, 3.05) is 0 Å². The van der Waals surface area contributed by atoms with Gasteiger partial charge in [0.25, 0.3) is 0 Å². The highest BCUT2D eigenvalue weighted by Crippen LogP contribution is 2.10. The Bertz CT molecular complexity index is 434. The predicted octanol–water partition coefficient (Wildman–Crippen LogP) is 1.27. The second-order valence-electron chi connectivity index (χ2n) is 2.55. The molecule has 0 saturated heterocycles. The van der Waals surface area contributed by atoms with E-state index in [1.807, 2.05) is 12.1 Å². The second-order valence-corrected chi connectivity index (χ2v) is 2.55. The van der Waals surface area contributed by atoms with Crippen LogP contribution in [0.5, 0.6) is 0 Å². The lowest BCUT2D eigenvalue weighted by Crippen LogP contribution is -2.10. The Balaban J connectivity index is 0.000000845. The third kappa shape index (κ3) is 1.62. The van der Waals surface area contributed by atoms with Crippen LogP contribution in [0.2, 0.25) is 0 Å². The van der Waals surface area contributed by atoms with Crippen LogP contribution in [-0.4, -0.2) is 15.8 Å². The molecule has 13 heavy (non-hydrogen) atoms. The van der Waals surface area contributed by atoms with Crippen LogP contribution in [0.3, 0.4) is 0 Å². The van der Waals surface area contributed by atoms with Gasteiger partial charge in [-0.3, -0.25) is 5.41 Å². The quantitative estimate of drug-likeness (QED) is 0.475. The average Bonchev–Trinajstić information content (AvgIpc) is 2.49. The number of nitrogens with two attached hydrogens (primary N) is 1. The van der Waals surface area contributed by atoms with Gasteiger partial charge in [-0.15, -0.1) is 12.4 Å². The first-order valence-electron chi connectivity index (χ1n) is 3.55. The Labute approximate surface area is 81.1 Å². The summed E-state index contributed by atoms with van der Waals surface area (Å²) in [7, 11) is 0. The van der Waals surface area contributed by atoms with Gasteiger partial charge >= 0.3 is 0 Å². The summed E-state index contributed by atoms with van der Waals surface area (Å²) in [5.41, 5.74) is 7.83. The lowest BCUT2D eigenvalue weighted by Gasteiger charge is -1.96. The number of imidazole rings is 1. The van der Waals surface area contributed by atoms with Crippen LogP contribution in [0.25, 0.3) is 11.0 Å². The molecule has 4 N–H and O–H groups in total. The molecule has 0 aliphatic carbocycles. The molecular formula is C8H9ClN4. The van der Waals surface area contributed by atoms with Crippen molar-refractivity contribution in [3.63, 3.8) is 0 Å². The highest BCUT2D eigenvalue weighted by atomic mass is 35.5. The molecule has 0 unspecified atom stereocenters. The molecule has 68 valence electrons. The number of fused-ring (bicyclic) bond motifs is 1. The average molecular weight is 197 g/mol. The van der Waals surface area contributed by atoms with Gasteiger partial charge in [0.1, 0.15) is 5.84 Å². The van der Waals surface area contributed by atoms with Gasteiger partial charge in [-0.2, -0.15) is 0 Å². The first-order valence-corrected chi connectivity index (χ1v) is 3.55. The minimum Gasteiger partial charge on any atom is -0.384 e. The second kappa shape index (κ2) is 3.45. The molecule has 1 aromatic heterocycles. The molecule has 4 nitrogen and oxygen atoms in total. The van der Waals surface area contributed by atoms with E-state index in [2.05, 4.69) is 9.97 Å². The first kappa shape index (κ1) is 9.54. The molecule has 2 aromatic rings. The summed E-state index contributed by atoms with van der Waals surface area (Å²) in [4.78, 5) is 7.00. The molecule has 0 bridgehead atoms. The number of hydrogen-bond donors (Lipinski definition) is 3. The Morgan fingerprint density at radius 3 is 2.92 bits per heavy atom. The normalized spacial score (nSPS) is 9.54. The molecule has 0 saturated carbocycles. The molecule has 1 aromatic carbocycles. The van der Waals surface area contributed by atoms with E-state index in [4.69, 9.17) is 11.1 Å². The summed E-state index contributed by atoms with van der Waals surface area (Å²) in [6.45, 7) is 0. The highest BCUT2D eigenvalue weighted by molar-refractivity contribution is 5.97. The summed E-state index contributed by atoms with van der Waals surface area (Å²) < 4.78 is 0. The molecule has 0 radical (unpaired) electrons. The number of rotatable bonds is 1. The van der Waals surface area contributed by atoms with Crippen LogP contribution in [-0.2, 0) is 0 Å². The van der Waals surface area contributed by atoms with Gasteiger partial charge in [0.2, 0.25) is 0 Å². The Morgan fingerprint density at radius 2 is 2.23 bits per heavy atom. The van der Waals surface area contributed by atoms with Crippen molar-refractivity contribution in [1.82, 2.24) is 9.97 Å². The van der Waals surface area contributed by atoms with Crippen molar-refractivity contribution >= 4 is 29.3 Å².